The Morgan fingerprint density at radius 2 is 1.94 bits per heavy atom. The lowest BCUT2D eigenvalue weighted by atomic mass is 9.83. The molecule has 2 N–H and O–H groups in total. The van der Waals surface area contributed by atoms with E-state index in [9.17, 15) is 14.3 Å². The van der Waals surface area contributed by atoms with Crippen LogP contribution in [0.5, 0.6) is 5.75 Å². The van der Waals surface area contributed by atoms with Crippen LogP contribution in [0.15, 0.2) is 46.9 Å². The molecular formula is C25H26Cl2FNO4. The Morgan fingerprint density at radius 1 is 1.15 bits per heavy atom. The smallest absolute Gasteiger partial charge is 0.287 e. The molecule has 1 fully saturated rings. The minimum absolute atomic E-state index is 0.0391. The van der Waals surface area contributed by atoms with Gasteiger partial charge in [0, 0.05) is 22.5 Å². The van der Waals surface area contributed by atoms with Crippen molar-refractivity contribution in [2.24, 2.45) is 5.92 Å². The van der Waals surface area contributed by atoms with Crippen molar-refractivity contribution in [3.05, 3.63) is 64.1 Å². The topological polar surface area (TPSA) is 71.7 Å². The molecule has 1 heterocycles. The highest BCUT2D eigenvalue weighted by atomic mass is 35.5. The van der Waals surface area contributed by atoms with Crippen LogP contribution < -0.4 is 10.1 Å². The second-order valence-corrected chi connectivity index (χ2v) is 9.45. The number of hydrogen-bond donors (Lipinski definition) is 2. The van der Waals surface area contributed by atoms with Gasteiger partial charge in [0.2, 0.25) is 0 Å². The summed E-state index contributed by atoms with van der Waals surface area (Å²) in [6, 6.07) is 11.3. The van der Waals surface area contributed by atoms with E-state index in [0.717, 1.165) is 37.5 Å². The van der Waals surface area contributed by atoms with Crippen molar-refractivity contribution in [1.29, 1.82) is 0 Å². The second-order valence-electron chi connectivity index (χ2n) is 8.60. The molecule has 1 saturated carbocycles. The highest BCUT2D eigenvalue weighted by Crippen LogP contribution is 2.29. The molecule has 5 nitrogen and oxygen atoms in total. The molecule has 1 aliphatic carbocycles. The fourth-order valence-electron chi connectivity index (χ4n) is 4.25. The number of carbonyl (C=O) groups is 1. The van der Waals surface area contributed by atoms with Gasteiger partial charge in [0.15, 0.2) is 5.76 Å². The molecule has 1 atom stereocenters. The Bertz CT molecular complexity index is 1110. The van der Waals surface area contributed by atoms with E-state index < -0.39 is 11.9 Å². The summed E-state index contributed by atoms with van der Waals surface area (Å²) in [5.41, 5.74) is 0.636. The highest BCUT2D eigenvalue weighted by Gasteiger charge is 2.24. The van der Waals surface area contributed by atoms with Crippen LogP contribution in [-0.2, 0) is 0 Å². The number of hydrogen-bond acceptors (Lipinski definition) is 4. The molecule has 0 saturated heterocycles. The van der Waals surface area contributed by atoms with Gasteiger partial charge < -0.3 is 19.6 Å². The molecule has 3 aromatic rings. The third-order valence-electron chi connectivity index (χ3n) is 6.13. The SMILES string of the molecule is O=C(NC1CCC(CC[C@H](O)COc2ccc(Cl)c(F)c2)CC1)c1cc2cc(Cl)ccc2o1. The van der Waals surface area contributed by atoms with E-state index in [2.05, 4.69) is 5.32 Å². The minimum Gasteiger partial charge on any atom is -0.491 e. The lowest BCUT2D eigenvalue weighted by Gasteiger charge is -2.29. The van der Waals surface area contributed by atoms with Gasteiger partial charge in [0.1, 0.15) is 23.8 Å². The van der Waals surface area contributed by atoms with Crippen molar-refractivity contribution >= 4 is 40.1 Å². The molecule has 0 aliphatic heterocycles. The van der Waals surface area contributed by atoms with Gasteiger partial charge in [-0.25, -0.2) is 4.39 Å². The van der Waals surface area contributed by atoms with Crippen LogP contribution in [0.2, 0.25) is 10.0 Å². The van der Waals surface area contributed by atoms with Gasteiger partial charge >= 0.3 is 0 Å². The number of aliphatic hydroxyl groups excluding tert-OH is 1. The van der Waals surface area contributed by atoms with Gasteiger partial charge in [0.25, 0.3) is 5.91 Å². The first-order valence-corrected chi connectivity index (χ1v) is 11.9. The zero-order valence-electron chi connectivity index (χ0n) is 18.0. The van der Waals surface area contributed by atoms with E-state index in [1.807, 2.05) is 0 Å². The molecule has 0 radical (unpaired) electrons. The summed E-state index contributed by atoms with van der Waals surface area (Å²) in [4.78, 5) is 12.6. The Balaban J connectivity index is 1.17. The fraction of sp³-hybridized carbons (Fsp3) is 0.400. The highest BCUT2D eigenvalue weighted by molar-refractivity contribution is 6.31. The molecule has 2 aromatic carbocycles. The summed E-state index contributed by atoms with van der Waals surface area (Å²) >= 11 is 11.7. The second kappa shape index (κ2) is 10.8. The monoisotopic (exact) mass is 493 g/mol. The maximum atomic E-state index is 13.5. The molecule has 0 unspecified atom stereocenters. The summed E-state index contributed by atoms with van der Waals surface area (Å²) in [5.74, 6) is 0.376. The Kier molecular flexibility index (Phi) is 7.78. The molecular weight excluding hydrogens is 468 g/mol. The van der Waals surface area contributed by atoms with Crippen LogP contribution in [0, 0.1) is 11.7 Å². The maximum Gasteiger partial charge on any atom is 0.287 e. The van der Waals surface area contributed by atoms with Crippen LogP contribution in [0.25, 0.3) is 11.0 Å². The summed E-state index contributed by atoms with van der Waals surface area (Å²) in [7, 11) is 0. The Hall–Kier alpha value is -2.28. The number of halogens is 3. The third-order valence-corrected chi connectivity index (χ3v) is 6.67. The molecule has 8 heteroatoms. The van der Waals surface area contributed by atoms with Gasteiger partial charge in [-0.15, -0.1) is 0 Å². The number of furan rings is 1. The van der Waals surface area contributed by atoms with E-state index >= 15 is 0 Å². The number of nitrogens with one attached hydrogen (secondary N) is 1. The first kappa shape index (κ1) is 23.9. The standard InChI is InChI=1S/C25H26Cl2FNO4/c26-17-4-10-23-16(11-17)12-24(33-23)25(31)29-18-5-1-15(2-6-18)3-7-19(30)14-32-20-8-9-21(27)22(28)13-20/h4,8-13,15,18-19,30H,1-3,5-7,14H2,(H,29,31)/t15?,18?,19-/m0/s1. The first-order valence-electron chi connectivity index (χ1n) is 11.1. The molecule has 1 amide bonds. The summed E-state index contributed by atoms with van der Waals surface area (Å²) < 4.78 is 24.6. The van der Waals surface area contributed by atoms with E-state index in [4.69, 9.17) is 32.4 Å². The van der Waals surface area contributed by atoms with E-state index in [1.165, 1.54) is 12.1 Å². The van der Waals surface area contributed by atoms with Gasteiger partial charge in [-0.1, -0.05) is 23.2 Å². The number of carbonyl (C=O) groups excluding carboxylic acids is 1. The number of benzene rings is 2. The lowest BCUT2D eigenvalue weighted by Crippen LogP contribution is -2.37. The lowest BCUT2D eigenvalue weighted by molar-refractivity contribution is 0.0863. The quantitative estimate of drug-likeness (QED) is 0.381. The van der Waals surface area contributed by atoms with Crippen LogP contribution in [0.4, 0.5) is 4.39 Å². The zero-order valence-corrected chi connectivity index (χ0v) is 19.5. The summed E-state index contributed by atoms with van der Waals surface area (Å²) in [5, 5.41) is 14.7. The van der Waals surface area contributed by atoms with Crippen molar-refractivity contribution in [2.75, 3.05) is 6.61 Å². The Morgan fingerprint density at radius 3 is 2.70 bits per heavy atom. The van der Waals surface area contributed by atoms with Crippen molar-refractivity contribution in [3.63, 3.8) is 0 Å². The van der Waals surface area contributed by atoms with Crippen LogP contribution in [0.1, 0.15) is 49.1 Å². The van der Waals surface area contributed by atoms with Crippen molar-refractivity contribution < 1.29 is 23.4 Å². The minimum atomic E-state index is -0.622. The summed E-state index contributed by atoms with van der Waals surface area (Å²) in [6.07, 6.45) is 4.61. The van der Waals surface area contributed by atoms with Crippen molar-refractivity contribution in [2.45, 2.75) is 50.7 Å². The number of fused-ring (bicyclic) bond motifs is 1. The predicted octanol–water partition coefficient (Wildman–Crippen LogP) is 6.39. The molecule has 0 spiro atoms. The molecule has 0 bridgehead atoms. The Labute approximate surface area is 201 Å². The molecule has 4 rings (SSSR count). The molecule has 176 valence electrons. The molecule has 1 aliphatic rings. The van der Waals surface area contributed by atoms with Crippen LogP contribution in [0.3, 0.4) is 0 Å². The van der Waals surface area contributed by atoms with Crippen molar-refractivity contribution in [1.82, 2.24) is 5.32 Å². The third kappa shape index (κ3) is 6.40. The largest absolute Gasteiger partial charge is 0.491 e. The van der Waals surface area contributed by atoms with E-state index in [0.29, 0.717) is 28.7 Å². The predicted molar refractivity (Wildman–Crippen MR) is 127 cm³/mol. The average Bonchev–Trinajstić information content (AvgIpc) is 3.23. The molecule has 1 aromatic heterocycles. The van der Waals surface area contributed by atoms with Gasteiger partial charge in [-0.05, 0) is 80.8 Å². The number of aliphatic hydroxyl groups is 1. The molecule has 33 heavy (non-hydrogen) atoms. The van der Waals surface area contributed by atoms with Gasteiger partial charge in [-0.3, -0.25) is 4.79 Å². The zero-order chi connectivity index (χ0) is 23.4. The fourth-order valence-corrected chi connectivity index (χ4v) is 4.55. The number of amides is 1. The first-order chi connectivity index (χ1) is 15.9. The van der Waals surface area contributed by atoms with Crippen molar-refractivity contribution in [3.8, 4) is 5.75 Å². The number of ether oxygens (including phenoxy) is 1. The number of rotatable bonds is 8. The maximum absolute atomic E-state index is 13.5. The van der Waals surface area contributed by atoms with Gasteiger partial charge in [0.05, 0.1) is 11.1 Å². The van der Waals surface area contributed by atoms with Gasteiger partial charge in [-0.2, -0.15) is 0 Å². The van der Waals surface area contributed by atoms with E-state index in [-0.39, 0.29) is 29.3 Å². The average molecular weight is 494 g/mol. The van der Waals surface area contributed by atoms with Crippen LogP contribution in [-0.4, -0.2) is 29.8 Å². The van der Waals surface area contributed by atoms with Crippen LogP contribution >= 0.6 is 23.2 Å². The van der Waals surface area contributed by atoms with E-state index in [1.54, 1.807) is 30.3 Å². The normalized spacial score (nSPS) is 19.4. The summed E-state index contributed by atoms with van der Waals surface area (Å²) in [6.45, 7) is 0.106.